The lowest BCUT2D eigenvalue weighted by Gasteiger charge is -2.20. The molecule has 0 aliphatic heterocycles. The molecule has 0 aliphatic rings. The molecule has 0 saturated heterocycles. The van der Waals surface area contributed by atoms with Crippen molar-refractivity contribution in [2.75, 3.05) is 5.32 Å². The van der Waals surface area contributed by atoms with Crippen LogP contribution in [0.1, 0.15) is 52.1 Å². The molecule has 0 spiro atoms. The summed E-state index contributed by atoms with van der Waals surface area (Å²) < 4.78 is 0.920. The Balaban J connectivity index is 1.83. The molecule has 1 atom stereocenters. The first-order valence-electron chi connectivity index (χ1n) is 9.43. The molecule has 29 heavy (non-hydrogen) atoms. The average molecular weight is 452 g/mol. The highest BCUT2D eigenvalue weighted by atomic mass is 79.9. The van der Waals surface area contributed by atoms with Crippen molar-refractivity contribution in [1.29, 1.82) is 0 Å². The van der Waals surface area contributed by atoms with Gasteiger partial charge in [0.1, 0.15) is 5.75 Å². The highest BCUT2D eigenvalue weighted by Crippen LogP contribution is 2.27. The fourth-order valence-electron chi connectivity index (χ4n) is 3.06. The Kier molecular flexibility index (Phi) is 6.83. The molecule has 0 amide bonds. The Hall–Kier alpha value is -2.92. The van der Waals surface area contributed by atoms with Gasteiger partial charge in [0.2, 0.25) is 0 Å². The van der Waals surface area contributed by atoms with Crippen LogP contribution in [0.4, 0.5) is 5.69 Å². The van der Waals surface area contributed by atoms with Crippen LogP contribution < -0.4 is 5.32 Å². The van der Waals surface area contributed by atoms with Crippen LogP contribution in [0.25, 0.3) is 0 Å². The second kappa shape index (κ2) is 9.52. The number of anilines is 1. The van der Waals surface area contributed by atoms with Crippen LogP contribution >= 0.6 is 15.9 Å². The monoisotopic (exact) mass is 451 g/mol. The zero-order chi connectivity index (χ0) is 20.8. The standard InChI is InChI=1S/C24H22BrNO3/c1-2-23(28)17-5-11-20(12-6-17)26-22(16-7-13-21(27)14-8-16)15-24(29)18-3-9-19(25)10-4-18/h3-14,22,26-27H,2,15H2,1H3/t22-/m0/s1. The summed E-state index contributed by atoms with van der Waals surface area (Å²) >= 11 is 3.38. The number of Topliss-reactive ketones (excluding diaryl/α,β-unsaturated/α-hetero) is 2. The normalized spacial score (nSPS) is 11.7. The molecular formula is C24H22BrNO3. The lowest BCUT2D eigenvalue weighted by atomic mass is 9.97. The van der Waals surface area contributed by atoms with Gasteiger partial charge in [0.15, 0.2) is 11.6 Å². The van der Waals surface area contributed by atoms with Crippen molar-refractivity contribution in [3.63, 3.8) is 0 Å². The van der Waals surface area contributed by atoms with E-state index in [4.69, 9.17) is 0 Å². The second-order valence-electron chi connectivity index (χ2n) is 6.78. The molecule has 0 bridgehead atoms. The third kappa shape index (κ3) is 5.55. The third-order valence-corrected chi connectivity index (χ3v) is 5.25. The summed E-state index contributed by atoms with van der Waals surface area (Å²) in [6, 6.07) is 21.1. The van der Waals surface area contributed by atoms with E-state index in [1.54, 1.807) is 48.5 Å². The van der Waals surface area contributed by atoms with E-state index in [0.717, 1.165) is 15.7 Å². The summed E-state index contributed by atoms with van der Waals surface area (Å²) in [6.45, 7) is 1.84. The number of hydrogen-bond acceptors (Lipinski definition) is 4. The third-order valence-electron chi connectivity index (χ3n) is 4.72. The van der Waals surface area contributed by atoms with Gasteiger partial charge >= 0.3 is 0 Å². The Labute approximate surface area is 178 Å². The van der Waals surface area contributed by atoms with Gasteiger partial charge in [0.25, 0.3) is 0 Å². The van der Waals surface area contributed by atoms with E-state index in [0.29, 0.717) is 17.5 Å². The summed E-state index contributed by atoms with van der Waals surface area (Å²) in [6.07, 6.45) is 0.715. The number of phenolic OH excluding ortho intramolecular Hbond substituents is 1. The lowest BCUT2D eigenvalue weighted by Crippen LogP contribution is -2.16. The number of ketones is 2. The summed E-state index contributed by atoms with van der Waals surface area (Å²) in [5.74, 6) is 0.284. The predicted octanol–water partition coefficient (Wildman–Crippen LogP) is 6.17. The molecule has 0 saturated carbocycles. The van der Waals surface area contributed by atoms with Gasteiger partial charge in [0, 0.05) is 34.1 Å². The van der Waals surface area contributed by atoms with Gasteiger partial charge in [-0.25, -0.2) is 0 Å². The lowest BCUT2D eigenvalue weighted by molar-refractivity contribution is 0.0972. The largest absolute Gasteiger partial charge is 0.508 e. The predicted molar refractivity (Wildman–Crippen MR) is 119 cm³/mol. The molecule has 0 unspecified atom stereocenters. The van der Waals surface area contributed by atoms with Crippen molar-refractivity contribution in [2.24, 2.45) is 0 Å². The summed E-state index contributed by atoms with van der Waals surface area (Å²) in [5.41, 5.74) is 3.02. The van der Waals surface area contributed by atoms with Gasteiger partial charge in [-0.2, -0.15) is 0 Å². The number of carbonyl (C=O) groups is 2. The van der Waals surface area contributed by atoms with E-state index in [1.807, 2.05) is 31.2 Å². The number of halogens is 1. The first kappa shape index (κ1) is 20.8. The Morgan fingerprint density at radius 1 is 0.862 bits per heavy atom. The number of aromatic hydroxyl groups is 1. The van der Waals surface area contributed by atoms with Crippen LogP contribution in [0, 0.1) is 0 Å². The molecule has 148 valence electrons. The fourth-order valence-corrected chi connectivity index (χ4v) is 3.32. The van der Waals surface area contributed by atoms with E-state index >= 15 is 0 Å². The minimum Gasteiger partial charge on any atom is -0.508 e. The summed E-state index contributed by atoms with van der Waals surface area (Å²) in [7, 11) is 0. The smallest absolute Gasteiger partial charge is 0.165 e. The van der Waals surface area contributed by atoms with Crippen molar-refractivity contribution in [3.8, 4) is 5.75 Å². The maximum absolute atomic E-state index is 12.8. The molecule has 0 aromatic heterocycles. The van der Waals surface area contributed by atoms with Gasteiger partial charge in [0.05, 0.1) is 6.04 Å². The zero-order valence-electron chi connectivity index (χ0n) is 16.1. The van der Waals surface area contributed by atoms with E-state index in [1.165, 1.54) is 0 Å². The van der Waals surface area contributed by atoms with Gasteiger partial charge in [-0.05, 0) is 54.1 Å². The van der Waals surface area contributed by atoms with E-state index in [9.17, 15) is 14.7 Å². The van der Waals surface area contributed by atoms with Gasteiger partial charge in [-0.15, -0.1) is 0 Å². The molecule has 3 aromatic carbocycles. The molecule has 3 rings (SSSR count). The average Bonchev–Trinajstić information content (AvgIpc) is 2.74. The maximum Gasteiger partial charge on any atom is 0.165 e. The number of phenols is 1. The van der Waals surface area contributed by atoms with E-state index < -0.39 is 0 Å². The Morgan fingerprint density at radius 3 is 2.00 bits per heavy atom. The summed E-state index contributed by atoms with van der Waals surface area (Å²) in [4.78, 5) is 24.7. The van der Waals surface area contributed by atoms with Crippen molar-refractivity contribution in [2.45, 2.75) is 25.8 Å². The minimum atomic E-state index is -0.278. The van der Waals surface area contributed by atoms with Crippen LogP contribution in [0.2, 0.25) is 0 Å². The molecule has 3 aromatic rings. The van der Waals surface area contributed by atoms with Crippen LogP contribution in [-0.2, 0) is 0 Å². The molecule has 0 aliphatic carbocycles. The molecule has 0 fully saturated rings. The van der Waals surface area contributed by atoms with Gasteiger partial charge in [-0.1, -0.05) is 47.1 Å². The molecule has 4 nitrogen and oxygen atoms in total. The molecule has 0 heterocycles. The van der Waals surface area contributed by atoms with Crippen molar-refractivity contribution in [3.05, 3.63) is 94.0 Å². The quantitative estimate of drug-likeness (QED) is 0.401. The molecule has 2 N–H and O–H groups in total. The second-order valence-corrected chi connectivity index (χ2v) is 7.69. The Morgan fingerprint density at radius 2 is 1.41 bits per heavy atom. The molecule has 5 heteroatoms. The molecule has 0 radical (unpaired) electrons. The van der Waals surface area contributed by atoms with Crippen LogP contribution in [0.3, 0.4) is 0 Å². The maximum atomic E-state index is 12.8. The van der Waals surface area contributed by atoms with E-state index in [2.05, 4.69) is 21.2 Å². The van der Waals surface area contributed by atoms with Crippen LogP contribution in [-0.4, -0.2) is 16.7 Å². The number of benzene rings is 3. The zero-order valence-corrected chi connectivity index (χ0v) is 17.6. The van der Waals surface area contributed by atoms with Crippen LogP contribution in [0.5, 0.6) is 5.75 Å². The minimum absolute atomic E-state index is 0.0147. The fraction of sp³-hybridized carbons (Fsp3) is 0.167. The van der Waals surface area contributed by atoms with Crippen molar-refractivity contribution < 1.29 is 14.7 Å². The highest BCUT2D eigenvalue weighted by molar-refractivity contribution is 9.10. The van der Waals surface area contributed by atoms with Gasteiger partial charge in [-0.3, -0.25) is 9.59 Å². The first-order chi connectivity index (χ1) is 14.0. The number of rotatable bonds is 8. The number of hydrogen-bond donors (Lipinski definition) is 2. The highest BCUT2D eigenvalue weighted by Gasteiger charge is 2.18. The molecular weight excluding hydrogens is 430 g/mol. The first-order valence-corrected chi connectivity index (χ1v) is 10.2. The van der Waals surface area contributed by atoms with Crippen molar-refractivity contribution in [1.82, 2.24) is 0 Å². The topological polar surface area (TPSA) is 66.4 Å². The van der Waals surface area contributed by atoms with Crippen molar-refractivity contribution >= 4 is 33.2 Å². The summed E-state index contributed by atoms with van der Waals surface area (Å²) in [5, 5.41) is 13.0. The number of carbonyl (C=O) groups excluding carboxylic acids is 2. The Bertz CT molecular complexity index is 980. The SMILES string of the molecule is CCC(=O)c1ccc(N[C@@H](CC(=O)c2ccc(Br)cc2)c2ccc(O)cc2)cc1. The number of nitrogens with one attached hydrogen (secondary N) is 1. The van der Waals surface area contributed by atoms with Crippen LogP contribution in [0.15, 0.2) is 77.3 Å². The van der Waals surface area contributed by atoms with E-state index in [-0.39, 0.29) is 29.8 Å². The van der Waals surface area contributed by atoms with Gasteiger partial charge < -0.3 is 10.4 Å².